The Morgan fingerprint density at radius 3 is 2.71 bits per heavy atom. The molecule has 2 fully saturated rings. The van der Waals surface area contributed by atoms with E-state index in [1.165, 1.54) is 11.1 Å². The van der Waals surface area contributed by atoms with E-state index in [-0.39, 0.29) is 24.0 Å². The van der Waals surface area contributed by atoms with Gasteiger partial charge in [-0.05, 0) is 49.7 Å². The molecule has 4 rings (SSSR count). The average molecular weight is 327 g/mol. The Balaban J connectivity index is 1.55. The average Bonchev–Trinajstić information content (AvgIpc) is 3.38. The molecule has 1 aromatic carbocycles. The fraction of sp³-hybridized carbons (Fsp3) is 0.579. The molecular formula is C19H25N3O2. The van der Waals surface area contributed by atoms with Crippen molar-refractivity contribution >= 4 is 11.9 Å². The van der Waals surface area contributed by atoms with Crippen molar-refractivity contribution in [2.45, 2.75) is 56.7 Å². The van der Waals surface area contributed by atoms with Gasteiger partial charge in [0.25, 0.3) is 0 Å². The van der Waals surface area contributed by atoms with Crippen LogP contribution in [0, 0.1) is 0 Å². The lowest BCUT2D eigenvalue weighted by Gasteiger charge is -2.36. The number of benzene rings is 1. The Bertz CT molecular complexity index is 656. The van der Waals surface area contributed by atoms with E-state index < -0.39 is 0 Å². The van der Waals surface area contributed by atoms with Gasteiger partial charge in [-0.3, -0.25) is 4.79 Å². The summed E-state index contributed by atoms with van der Waals surface area (Å²) < 4.78 is 0. The van der Waals surface area contributed by atoms with E-state index in [0.29, 0.717) is 12.5 Å². The first-order valence-corrected chi connectivity index (χ1v) is 9.07. The highest BCUT2D eigenvalue weighted by Crippen LogP contribution is 2.40. The van der Waals surface area contributed by atoms with E-state index in [1.807, 2.05) is 4.90 Å². The molecule has 1 aliphatic heterocycles. The number of amides is 3. The van der Waals surface area contributed by atoms with E-state index in [0.717, 1.165) is 38.6 Å². The fourth-order valence-electron chi connectivity index (χ4n) is 4.11. The van der Waals surface area contributed by atoms with Gasteiger partial charge in [0.15, 0.2) is 0 Å². The normalized spacial score (nSPS) is 26.2. The molecule has 1 aromatic rings. The van der Waals surface area contributed by atoms with Gasteiger partial charge in [0.05, 0.1) is 6.04 Å². The minimum absolute atomic E-state index is 0.0307. The first-order chi connectivity index (χ1) is 11.6. The topological polar surface area (TPSA) is 52.7 Å². The number of nitrogens with zero attached hydrogens (tertiary/aromatic N) is 2. The van der Waals surface area contributed by atoms with Crippen LogP contribution in [0.15, 0.2) is 24.3 Å². The van der Waals surface area contributed by atoms with Crippen molar-refractivity contribution in [3.63, 3.8) is 0 Å². The number of fused-ring (bicyclic) bond motifs is 1. The SMILES string of the molecule is CN1CC[C@H](NC(=O)N(C2CC2)[C@@H]2CCCc3ccccc32)C1=O. The lowest BCUT2D eigenvalue weighted by atomic mass is 9.87. The summed E-state index contributed by atoms with van der Waals surface area (Å²) >= 11 is 0. The van der Waals surface area contributed by atoms with Crippen LogP contribution in [0.2, 0.25) is 0 Å². The molecule has 3 aliphatic rings. The van der Waals surface area contributed by atoms with Crippen LogP contribution in [0.5, 0.6) is 0 Å². The molecule has 1 heterocycles. The minimum Gasteiger partial charge on any atom is -0.344 e. The first-order valence-electron chi connectivity index (χ1n) is 9.07. The molecule has 1 saturated carbocycles. The molecular weight excluding hydrogens is 302 g/mol. The zero-order chi connectivity index (χ0) is 16.7. The molecule has 5 heteroatoms. The van der Waals surface area contributed by atoms with Crippen LogP contribution in [-0.2, 0) is 11.2 Å². The maximum Gasteiger partial charge on any atom is 0.318 e. The lowest BCUT2D eigenvalue weighted by molar-refractivity contribution is -0.128. The number of rotatable bonds is 3. The summed E-state index contributed by atoms with van der Waals surface area (Å²) in [6, 6.07) is 8.55. The summed E-state index contributed by atoms with van der Waals surface area (Å²) in [4.78, 5) is 28.8. The molecule has 3 amide bonds. The summed E-state index contributed by atoms with van der Waals surface area (Å²) in [5.74, 6) is 0.0307. The Hall–Kier alpha value is -2.04. The summed E-state index contributed by atoms with van der Waals surface area (Å²) in [6.07, 6.45) is 6.08. The predicted molar refractivity (Wildman–Crippen MR) is 91.6 cm³/mol. The van der Waals surface area contributed by atoms with E-state index in [1.54, 1.807) is 11.9 Å². The fourth-order valence-corrected chi connectivity index (χ4v) is 4.11. The Morgan fingerprint density at radius 2 is 2.00 bits per heavy atom. The Kier molecular flexibility index (Phi) is 3.94. The van der Waals surface area contributed by atoms with Crippen molar-refractivity contribution in [2.24, 2.45) is 0 Å². The van der Waals surface area contributed by atoms with Gasteiger partial charge in [0, 0.05) is 19.6 Å². The van der Waals surface area contributed by atoms with Gasteiger partial charge in [-0.15, -0.1) is 0 Å². The van der Waals surface area contributed by atoms with E-state index in [9.17, 15) is 9.59 Å². The number of hydrogen-bond donors (Lipinski definition) is 1. The molecule has 0 unspecified atom stereocenters. The van der Waals surface area contributed by atoms with Crippen molar-refractivity contribution in [3.8, 4) is 0 Å². The van der Waals surface area contributed by atoms with Gasteiger partial charge in [0.1, 0.15) is 6.04 Å². The van der Waals surface area contributed by atoms with Crippen LogP contribution < -0.4 is 5.32 Å². The quantitative estimate of drug-likeness (QED) is 0.927. The van der Waals surface area contributed by atoms with Gasteiger partial charge in [0.2, 0.25) is 5.91 Å². The lowest BCUT2D eigenvalue weighted by Crippen LogP contribution is -2.50. The van der Waals surface area contributed by atoms with Crippen LogP contribution >= 0.6 is 0 Å². The summed E-state index contributed by atoms with van der Waals surface area (Å²) in [7, 11) is 1.80. The number of hydrogen-bond acceptors (Lipinski definition) is 2. The number of carbonyl (C=O) groups excluding carboxylic acids is 2. The van der Waals surface area contributed by atoms with Crippen molar-refractivity contribution < 1.29 is 9.59 Å². The highest BCUT2D eigenvalue weighted by molar-refractivity contribution is 5.88. The third kappa shape index (κ3) is 2.76. The van der Waals surface area contributed by atoms with Crippen molar-refractivity contribution in [2.75, 3.05) is 13.6 Å². The molecule has 1 saturated heterocycles. The van der Waals surface area contributed by atoms with Gasteiger partial charge in [-0.2, -0.15) is 0 Å². The number of likely N-dealkylation sites (tertiary alicyclic amines) is 1. The first kappa shape index (κ1) is 15.5. The smallest absolute Gasteiger partial charge is 0.318 e. The molecule has 0 bridgehead atoms. The molecule has 2 atom stereocenters. The van der Waals surface area contributed by atoms with Gasteiger partial charge in [-0.25, -0.2) is 4.79 Å². The molecule has 2 aliphatic carbocycles. The van der Waals surface area contributed by atoms with Crippen LogP contribution in [0.25, 0.3) is 0 Å². The van der Waals surface area contributed by atoms with Crippen molar-refractivity contribution in [1.82, 2.24) is 15.1 Å². The highest BCUT2D eigenvalue weighted by Gasteiger charge is 2.41. The monoisotopic (exact) mass is 327 g/mol. The zero-order valence-electron chi connectivity index (χ0n) is 14.2. The molecule has 1 N–H and O–H groups in total. The standard InChI is InChI=1S/C19H25N3O2/c1-21-12-11-16(18(21)23)20-19(24)22(14-9-10-14)17-8-4-6-13-5-2-3-7-15(13)17/h2-3,5,7,14,16-17H,4,6,8-12H2,1H3,(H,20,24)/t16-,17+/m0/s1. The minimum atomic E-state index is -0.359. The largest absolute Gasteiger partial charge is 0.344 e. The van der Waals surface area contributed by atoms with Crippen LogP contribution in [0.4, 0.5) is 4.79 Å². The van der Waals surface area contributed by atoms with Crippen molar-refractivity contribution in [1.29, 1.82) is 0 Å². The predicted octanol–water partition coefficient (Wildman–Crippen LogP) is 2.47. The van der Waals surface area contributed by atoms with Crippen LogP contribution in [0.1, 0.15) is 49.3 Å². The molecule has 5 nitrogen and oxygen atoms in total. The second-order valence-electron chi connectivity index (χ2n) is 7.30. The van der Waals surface area contributed by atoms with Crippen molar-refractivity contribution in [3.05, 3.63) is 35.4 Å². The number of nitrogens with one attached hydrogen (secondary N) is 1. The van der Waals surface area contributed by atoms with E-state index in [4.69, 9.17) is 0 Å². The van der Waals surface area contributed by atoms with Gasteiger partial charge < -0.3 is 15.1 Å². The Morgan fingerprint density at radius 1 is 1.21 bits per heavy atom. The second kappa shape index (κ2) is 6.11. The van der Waals surface area contributed by atoms with E-state index in [2.05, 4.69) is 29.6 Å². The van der Waals surface area contributed by atoms with Crippen LogP contribution in [0.3, 0.4) is 0 Å². The third-order valence-electron chi connectivity index (χ3n) is 5.57. The molecule has 0 aromatic heterocycles. The van der Waals surface area contributed by atoms with Gasteiger partial charge in [-0.1, -0.05) is 24.3 Å². The number of urea groups is 1. The molecule has 24 heavy (non-hydrogen) atoms. The van der Waals surface area contributed by atoms with Crippen LogP contribution in [-0.4, -0.2) is 47.4 Å². The number of likely N-dealkylation sites (N-methyl/N-ethyl adjacent to an activating group) is 1. The Labute approximate surface area is 143 Å². The highest BCUT2D eigenvalue weighted by atomic mass is 16.2. The second-order valence-corrected chi connectivity index (χ2v) is 7.30. The number of carbonyl (C=O) groups is 2. The van der Waals surface area contributed by atoms with E-state index >= 15 is 0 Å². The zero-order valence-corrected chi connectivity index (χ0v) is 14.2. The summed E-state index contributed by atoms with van der Waals surface area (Å²) in [5, 5.41) is 3.00. The molecule has 128 valence electrons. The third-order valence-corrected chi connectivity index (χ3v) is 5.57. The summed E-state index contributed by atoms with van der Waals surface area (Å²) in [6.45, 7) is 0.722. The molecule has 0 spiro atoms. The maximum atomic E-state index is 13.0. The molecule has 0 radical (unpaired) electrons. The maximum absolute atomic E-state index is 13.0. The summed E-state index contributed by atoms with van der Waals surface area (Å²) in [5.41, 5.74) is 2.66. The van der Waals surface area contributed by atoms with Gasteiger partial charge >= 0.3 is 6.03 Å². The number of aryl methyl sites for hydroxylation is 1.